The lowest BCUT2D eigenvalue weighted by molar-refractivity contribution is 0.0988. The smallest absolute Gasteiger partial charge is 0.255 e. The summed E-state index contributed by atoms with van der Waals surface area (Å²) in [5.41, 5.74) is 0.627. The van der Waals surface area contributed by atoms with Crippen molar-refractivity contribution < 1.29 is 9.59 Å². The maximum Gasteiger partial charge on any atom is 0.255 e. The predicted molar refractivity (Wildman–Crippen MR) is 89.9 cm³/mol. The molecular formula is C14H8Cl5NO2. The average Bonchev–Trinajstić information content (AvgIpc) is 2.78. The highest BCUT2D eigenvalue weighted by Crippen LogP contribution is 2.31. The van der Waals surface area contributed by atoms with E-state index in [2.05, 4.69) is 0 Å². The monoisotopic (exact) mass is 397 g/mol. The molecule has 1 heterocycles. The summed E-state index contributed by atoms with van der Waals surface area (Å²) >= 11 is 28.6. The van der Waals surface area contributed by atoms with Gasteiger partial charge in [0.05, 0.1) is 10.7 Å². The van der Waals surface area contributed by atoms with Crippen molar-refractivity contribution in [1.29, 1.82) is 0 Å². The third-order valence-corrected chi connectivity index (χ3v) is 4.00. The van der Waals surface area contributed by atoms with Crippen molar-refractivity contribution in [3.8, 4) is 0 Å². The van der Waals surface area contributed by atoms with Crippen LogP contribution in [0.15, 0.2) is 30.5 Å². The molecule has 22 heavy (non-hydrogen) atoms. The molecule has 0 aliphatic carbocycles. The fourth-order valence-electron chi connectivity index (χ4n) is 1.89. The minimum Gasteiger partial charge on any atom is -0.347 e. The third kappa shape index (κ3) is 3.61. The van der Waals surface area contributed by atoms with Gasteiger partial charge in [0.15, 0.2) is 5.78 Å². The number of ketones is 2. The van der Waals surface area contributed by atoms with Crippen LogP contribution in [0.4, 0.5) is 0 Å². The molecule has 0 atom stereocenters. The van der Waals surface area contributed by atoms with Gasteiger partial charge in [-0.15, -0.1) is 0 Å². The lowest BCUT2D eigenvalue weighted by Gasteiger charge is -2.09. The van der Waals surface area contributed by atoms with Crippen molar-refractivity contribution in [2.75, 3.05) is 0 Å². The summed E-state index contributed by atoms with van der Waals surface area (Å²) in [5.74, 6) is -1.08. The number of aryl methyl sites for hydroxylation is 1. The first kappa shape index (κ1) is 17.6. The maximum atomic E-state index is 12.5. The summed E-state index contributed by atoms with van der Waals surface area (Å²) < 4.78 is -0.675. The van der Waals surface area contributed by atoms with Crippen LogP contribution in [0.2, 0.25) is 10.0 Å². The van der Waals surface area contributed by atoms with E-state index >= 15 is 0 Å². The van der Waals surface area contributed by atoms with E-state index in [0.29, 0.717) is 5.02 Å². The number of carbonyl (C=O) groups excluding carboxylic acids is 2. The largest absolute Gasteiger partial charge is 0.347 e. The second-order valence-electron chi connectivity index (χ2n) is 4.51. The molecule has 0 aliphatic rings. The highest BCUT2D eigenvalue weighted by molar-refractivity contribution is 6.77. The quantitative estimate of drug-likeness (QED) is 0.531. The Morgan fingerprint density at radius 3 is 2.27 bits per heavy atom. The summed E-state index contributed by atoms with van der Waals surface area (Å²) in [6, 6.07) is 5.89. The van der Waals surface area contributed by atoms with Crippen molar-refractivity contribution in [3.05, 3.63) is 57.3 Å². The molecule has 0 fully saturated rings. The Labute approximate surface area is 151 Å². The molecule has 1 aromatic heterocycles. The van der Waals surface area contributed by atoms with Crippen LogP contribution < -0.4 is 0 Å². The van der Waals surface area contributed by atoms with Crippen molar-refractivity contribution >= 4 is 69.6 Å². The molecule has 0 bridgehead atoms. The Morgan fingerprint density at radius 1 is 1.09 bits per heavy atom. The summed E-state index contributed by atoms with van der Waals surface area (Å²) in [6.45, 7) is 0. The number of hydrogen-bond acceptors (Lipinski definition) is 2. The van der Waals surface area contributed by atoms with Gasteiger partial charge in [0.2, 0.25) is 5.78 Å². The maximum absolute atomic E-state index is 12.5. The molecule has 0 saturated carbocycles. The molecular weight excluding hydrogens is 391 g/mol. The minimum absolute atomic E-state index is 0.105. The van der Waals surface area contributed by atoms with Crippen molar-refractivity contribution in [2.24, 2.45) is 7.05 Å². The molecule has 0 aliphatic heterocycles. The molecule has 1 aromatic carbocycles. The number of Topliss-reactive ketones (excluding diaryl/α,β-unsaturated/α-hetero) is 1. The molecule has 0 spiro atoms. The SMILES string of the molecule is Cn1cc(C(=O)c2ccc(Cl)cc2Cl)cc1C(=O)C(Cl)(Cl)Cl. The number of nitrogens with zero attached hydrogens (tertiary/aromatic N) is 1. The Hall–Kier alpha value is -0.710. The zero-order valence-corrected chi connectivity index (χ0v) is 14.8. The van der Waals surface area contributed by atoms with Gasteiger partial charge in [0.25, 0.3) is 3.79 Å². The number of aromatic nitrogens is 1. The highest BCUT2D eigenvalue weighted by Gasteiger charge is 2.34. The number of hydrogen-bond donors (Lipinski definition) is 0. The number of carbonyl (C=O) groups is 2. The van der Waals surface area contributed by atoms with E-state index in [4.69, 9.17) is 58.0 Å². The Kier molecular flexibility index (Phi) is 5.15. The Bertz CT molecular complexity index is 761. The zero-order chi connectivity index (χ0) is 16.7. The lowest BCUT2D eigenvalue weighted by Crippen LogP contribution is -2.21. The van der Waals surface area contributed by atoms with E-state index in [9.17, 15) is 9.59 Å². The first-order valence-electron chi connectivity index (χ1n) is 5.89. The van der Waals surface area contributed by atoms with Crippen LogP contribution in [0, 0.1) is 0 Å². The van der Waals surface area contributed by atoms with Gasteiger partial charge in [-0.05, 0) is 24.3 Å². The molecule has 116 valence electrons. The van der Waals surface area contributed by atoms with E-state index in [1.165, 1.54) is 29.0 Å². The van der Waals surface area contributed by atoms with E-state index in [-0.39, 0.29) is 27.6 Å². The van der Waals surface area contributed by atoms with Gasteiger partial charge >= 0.3 is 0 Å². The molecule has 0 amide bonds. The van der Waals surface area contributed by atoms with E-state index in [1.807, 2.05) is 0 Å². The second-order valence-corrected chi connectivity index (χ2v) is 7.63. The number of rotatable bonds is 3. The summed E-state index contributed by atoms with van der Waals surface area (Å²) in [6.07, 6.45) is 1.47. The summed E-state index contributed by atoms with van der Waals surface area (Å²) in [4.78, 5) is 24.5. The highest BCUT2D eigenvalue weighted by atomic mass is 35.6. The van der Waals surface area contributed by atoms with Gasteiger partial charge in [0, 0.05) is 29.4 Å². The molecule has 0 saturated heterocycles. The summed E-state index contributed by atoms with van der Waals surface area (Å²) in [7, 11) is 1.57. The average molecular weight is 399 g/mol. The molecule has 0 N–H and O–H groups in total. The normalized spacial score (nSPS) is 11.5. The van der Waals surface area contributed by atoms with Gasteiger partial charge in [-0.3, -0.25) is 9.59 Å². The van der Waals surface area contributed by atoms with Crippen LogP contribution in [0.1, 0.15) is 26.4 Å². The van der Waals surface area contributed by atoms with Crippen LogP contribution in [-0.4, -0.2) is 19.9 Å². The van der Waals surface area contributed by atoms with Gasteiger partial charge in [-0.2, -0.15) is 0 Å². The van der Waals surface area contributed by atoms with Gasteiger partial charge < -0.3 is 4.57 Å². The molecule has 2 aromatic rings. The zero-order valence-electron chi connectivity index (χ0n) is 11.0. The first-order chi connectivity index (χ1) is 10.1. The van der Waals surface area contributed by atoms with Gasteiger partial charge in [-0.1, -0.05) is 58.0 Å². The summed E-state index contributed by atoms with van der Waals surface area (Å²) in [5, 5.41) is 0.636. The van der Waals surface area contributed by atoms with E-state index in [0.717, 1.165) is 0 Å². The van der Waals surface area contributed by atoms with Crippen LogP contribution in [-0.2, 0) is 7.05 Å². The number of halogens is 5. The van der Waals surface area contributed by atoms with Crippen LogP contribution in [0.5, 0.6) is 0 Å². The number of alkyl halides is 3. The standard InChI is InChI=1S/C14H8Cl5NO2/c1-20-6-7(4-11(20)13(22)14(17,18)19)12(21)9-3-2-8(15)5-10(9)16/h2-6H,1H3. The third-order valence-electron chi connectivity index (χ3n) is 2.93. The van der Waals surface area contributed by atoms with E-state index < -0.39 is 9.58 Å². The Balaban J connectivity index is 2.42. The fraction of sp³-hybridized carbons (Fsp3) is 0.143. The van der Waals surface area contributed by atoms with Crippen LogP contribution in [0.3, 0.4) is 0 Å². The van der Waals surface area contributed by atoms with Gasteiger partial charge in [-0.25, -0.2) is 0 Å². The second kappa shape index (κ2) is 6.42. The fourth-order valence-corrected chi connectivity index (χ4v) is 2.67. The van der Waals surface area contributed by atoms with Crippen molar-refractivity contribution in [2.45, 2.75) is 3.79 Å². The van der Waals surface area contributed by atoms with E-state index in [1.54, 1.807) is 13.1 Å². The molecule has 2 rings (SSSR count). The first-order valence-corrected chi connectivity index (χ1v) is 7.78. The Morgan fingerprint density at radius 2 is 1.73 bits per heavy atom. The minimum atomic E-state index is -2.09. The van der Waals surface area contributed by atoms with Crippen molar-refractivity contribution in [1.82, 2.24) is 4.57 Å². The van der Waals surface area contributed by atoms with Gasteiger partial charge in [0.1, 0.15) is 0 Å². The number of benzene rings is 1. The molecule has 0 radical (unpaired) electrons. The molecule has 3 nitrogen and oxygen atoms in total. The predicted octanol–water partition coefficient (Wildman–Crippen LogP) is 5.12. The van der Waals surface area contributed by atoms with Crippen LogP contribution in [0.25, 0.3) is 0 Å². The molecule has 8 heteroatoms. The molecule has 0 unspecified atom stereocenters. The lowest BCUT2D eigenvalue weighted by atomic mass is 10.1. The van der Waals surface area contributed by atoms with Crippen LogP contribution >= 0.6 is 58.0 Å². The van der Waals surface area contributed by atoms with Crippen molar-refractivity contribution in [3.63, 3.8) is 0 Å². The topological polar surface area (TPSA) is 39.1 Å².